The van der Waals surface area contributed by atoms with Crippen LogP contribution in [-0.4, -0.2) is 15.9 Å². The molecular weight excluding hydrogens is 261 g/mol. The van der Waals surface area contributed by atoms with Crippen LogP contribution in [0, 0.1) is 0 Å². The van der Waals surface area contributed by atoms with Crippen molar-refractivity contribution in [3.8, 4) is 0 Å². The second kappa shape index (κ2) is 5.21. The van der Waals surface area contributed by atoms with E-state index in [9.17, 15) is 4.79 Å². The van der Waals surface area contributed by atoms with Crippen molar-refractivity contribution in [3.63, 3.8) is 0 Å². The van der Waals surface area contributed by atoms with Gasteiger partial charge in [0.1, 0.15) is 0 Å². The number of aromatic nitrogens is 2. The fourth-order valence-corrected chi connectivity index (χ4v) is 1.80. The van der Waals surface area contributed by atoms with E-state index in [0.29, 0.717) is 15.7 Å². The lowest BCUT2D eigenvalue weighted by Crippen LogP contribution is -2.14. The lowest BCUT2D eigenvalue weighted by atomic mass is 10.3. The summed E-state index contributed by atoms with van der Waals surface area (Å²) < 4.78 is 0. The molecule has 1 aromatic heterocycles. The van der Waals surface area contributed by atoms with Crippen LogP contribution in [-0.2, 0) is 11.2 Å². The van der Waals surface area contributed by atoms with Crippen LogP contribution in [0.2, 0.25) is 10.0 Å². The third-order valence-electron chi connectivity index (χ3n) is 2.11. The van der Waals surface area contributed by atoms with Crippen LogP contribution in [0.3, 0.4) is 0 Å². The monoisotopic (exact) mass is 269 g/mol. The second-order valence-corrected chi connectivity index (χ2v) is 4.27. The molecular formula is C11H9Cl2N3O. The zero-order chi connectivity index (χ0) is 12.3. The molecule has 1 heterocycles. The number of imidazole rings is 1. The number of carbonyl (C=O) groups is 1. The first-order valence-corrected chi connectivity index (χ1v) is 5.63. The van der Waals surface area contributed by atoms with Crippen molar-refractivity contribution in [1.29, 1.82) is 0 Å². The minimum atomic E-state index is -0.168. The van der Waals surface area contributed by atoms with Crippen molar-refractivity contribution < 1.29 is 4.79 Å². The number of carbonyl (C=O) groups excluding carboxylic acids is 1. The van der Waals surface area contributed by atoms with Crippen molar-refractivity contribution in [1.82, 2.24) is 9.97 Å². The summed E-state index contributed by atoms with van der Waals surface area (Å²) >= 11 is 11.7. The number of anilines is 1. The highest BCUT2D eigenvalue weighted by Gasteiger charge is 2.07. The molecule has 2 N–H and O–H groups in total. The van der Waals surface area contributed by atoms with Crippen molar-refractivity contribution in [2.24, 2.45) is 0 Å². The second-order valence-electron chi connectivity index (χ2n) is 3.43. The summed E-state index contributed by atoms with van der Waals surface area (Å²) in [4.78, 5) is 18.4. The number of benzene rings is 1. The van der Waals surface area contributed by atoms with Gasteiger partial charge in [0, 0.05) is 16.9 Å². The maximum absolute atomic E-state index is 11.7. The van der Waals surface area contributed by atoms with E-state index >= 15 is 0 Å². The van der Waals surface area contributed by atoms with Gasteiger partial charge in [-0.15, -0.1) is 0 Å². The summed E-state index contributed by atoms with van der Waals surface area (Å²) in [5.41, 5.74) is 1.29. The summed E-state index contributed by atoms with van der Waals surface area (Å²) in [5.74, 6) is -0.168. The molecule has 0 saturated carbocycles. The summed E-state index contributed by atoms with van der Waals surface area (Å²) in [6.07, 6.45) is 3.35. The molecule has 4 nitrogen and oxygen atoms in total. The highest BCUT2D eigenvalue weighted by Crippen LogP contribution is 2.25. The molecule has 1 aromatic carbocycles. The Hall–Kier alpha value is -1.52. The van der Waals surface area contributed by atoms with Gasteiger partial charge in [-0.1, -0.05) is 23.2 Å². The Morgan fingerprint density at radius 2 is 2.24 bits per heavy atom. The molecule has 2 aromatic rings. The maximum Gasteiger partial charge on any atom is 0.230 e. The normalized spacial score (nSPS) is 10.2. The topological polar surface area (TPSA) is 57.8 Å². The van der Waals surface area contributed by atoms with Gasteiger partial charge in [0.25, 0.3) is 0 Å². The molecule has 0 spiro atoms. The predicted molar refractivity (Wildman–Crippen MR) is 67.4 cm³/mol. The largest absolute Gasteiger partial charge is 0.348 e. The molecule has 0 atom stereocenters. The smallest absolute Gasteiger partial charge is 0.230 e. The third-order valence-corrected chi connectivity index (χ3v) is 2.66. The van der Waals surface area contributed by atoms with Crippen LogP contribution >= 0.6 is 23.2 Å². The SMILES string of the molecule is O=C(Cc1cnc[nH]1)Nc1ccc(Cl)cc1Cl. The number of amides is 1. The van der Waals surface area contributed by atoms with Crippen molar-refractivity contribution in [2.45, 2.75) is 6.42 Å². The highest BCUT2D eigenvalue weighted by atomic mass is 35.5. The Bertz CT molecular complexity index is 526. The number of hydrogen-bond donors (Lipinski definition) is 2. The minimum absolute atomic E-state index is 0.168. The number of rotatable bonds is 3. The molecule has 1 amide bonds. The highest BCUT2D eigenvalue weighted by molar-refractivity contribution is 6.36. The zero-order valence-corrected chi connectivity index (χ0v) is 10.2. The molecule has 88 valence electrons. The van der Waals surface area contributed by atoms with E-state index < -0.39 is 0 Å². The third kappa shape index (κ3) is 3.22. The van der Waals surface area contributed by atoms with Crippen LogP contribution in [0.1, 0.15) is 5.69 Å². The minimum Gasteiger partial charge on any atom is -0.348 e. The fourth-order valence-electron chi connectivity index (χ4n) is 1.34. The van der Waals surface area contributed by atoms with Gasteiger partial charge in [0.05, 0.1) is 23.5 Å². The van der Waals surface area contributed by atoms with E-state index in [2.05, 4.69) is 15.3 Å². The van der Waals surface area contributed by atoms with Gasteiger partial charge >= 0.3 is 0 Å². The van der Waals surface area contributed by atoms with E-state index in [1.165, 1.54) is 6.33 Å². The quantitative estimate of drug-likeness (QED) is 0.900. The predicted octanol–water partition coefficient (Wildman–Crippen LogP) is 2.90. The van der Waals surface area contributed by atoms with Crippen molar-refractivity contribution >= 4 is 34.8 Å². The Labute approximate surface area is 108 Å². The first-order chi connectivity index (χ1) is 8.15. The number of aromatic amines is 1. The number of halogens is 2. The first-order valence-electron chi connectivity index (χ1n) is 4.87. The molecule has 0 saturated heterocycles. The molecule has 0 radical (unpaired) electrons. The molecule has 0 unspecified atom stereocenters. The summed E-state index contributed by atoms with van der Waals surface area (Å²) in [6.45, 7) is 0. The zero-order valence-electron chi connectivity index (χ0n) is 8.71. The van der Waals surface area contributed by atoms with E-state index in [0.717, 1.165) is 5.69 Å². The molecule has 0 fully saturated rings. The number of H-pyrrole nitrogens is 1. The first kappa shape index (κ1) is 12.0. The van der Waals surface area contributed by atoms with Crippen LogP contribution in [0.5, 0.6) is 0 Å². The van der Waals surface area contributed by atoms with E-state index in [-0.39, 0.29) is 12.3 Å². The summed E-state index contributed by atoms with van der Waals surface area (Å²) in [5, 5.41) is 3.64. The van der Waals surface area contributed by atoms with Crippen molar-refractivity contribution in [2.75, 3.05) is 5.32 Å². The standard InChI is InChI=1S/C11H9Cl2N3O/c12-7-1-2-10(9(13)3-7)16-11(17)4-8-5-14-6-15-8/h1-3,5-6H,4H2,(H,14,15)(H,16,17). The Balaban J connectivity index is 2.03. The number of nitrogens with zero attached hydrogens (tertiary/aromatic N) is 1. The van der Waals surface area contributed by atoms with Gasteiger partial charge in [-0.25, -0.2) is 4.98 Å². The Morgan fingerprint density at radius 3 is 2.88 bits per heavy atom. The number of nitrogens with one attached hydrogen (secondary N) is 2. The van der Waals surface area contributed by atoms with Gasteiger partial charge in [-0.3, -0.25) is 4.79 Å². The lowest BCUT2D eigenvalue weighted by Gasteiger charge is -2.06. The van der Waals surface area contributed by atoms with Crippen molar-refractivity contribution in [3.05, 3.63) is 46.5 Å². The van der Waals surface area contributed by atoms with E-state index in [1.807, 2.05) is 0 Å². The summed E-state index contributed by atoms with van der Waals surface area (Å²) in [6, 6.07) is 4.91. The molecule has 2 rings (SSSR count). The average Bonchev–Trinajstić information content (AvgIpc) is 2.75. The Kier molecular flexibility index (Phi) is 3.66. The van der Waals surface area contributed by atoms with E-state index in [1.54, 1.807) is 24.4 Å². The van der Waals surface area contributed by atoms with Gasteiger partial charge in [0.2, 0.25) is 5.91 Å². The fraction of sp³-hybridized carbons (Fsp3) is 0.0909. The molecule has 0 aliphatic carbocycles. The molecule has 0 aliphatic heterocycles. The maximum atomic E-state index is 11.7. The lowest BCUT2D eigenvalue weighted by molar-refractivity contribution is -0.115. The van der Waals surface area contributed by atoms with Crippen LogP contribution in [0.15, 0.2) is 30.7 Å². The van der Waals surface area contributed by atoms with E-state index in [4.69, 9.17) is 23.2 Å². The van der Waals surface area contributed by atoms with Gasteiger partial charge in [-0.2, -0.15) is 0 Å². The number of hydrogen-bond acceptors (Lipinski definition) is 2. The van der Waals surface area contributed by atoms with Gasteiger partial charge < -0.3 is 10.3 Å². The van der Waals surface area contributed by atoms with Crippen LogP contribution in [0.4, 0.5) is 5.69 Å². The van der Waals surface area contributed by atoms with Gasteiger partial charge in [-0.05, 0) is 18.2 Å². The van der Waals surface area contributed by atoms with Crippen LogP contribution in [0.25, 0.3) is 0 Å². The average molecular weight is 270 g/mol. The molecule has 0 bridgehead atoms. The van der Waals surface area contributed by atoms with Crippen LogP contribution < -0.4 is 5.32 Å². The van der Waals surface area contributed by atoms with Gasteiger partial charge in [0.15, 0.2) is 0 Å². The molecule has 17 heavy (non-hydrogen) atoms. The summed E-state index contributed by atoms with van der Waals surface area (Å²) in [7, 11) is 0. The molecule has 6 heteroatoms. The molecule has 0 aliphatic rings. The Morgan fingerprint density at radius 1 is 1.41 bits per heavy atom.